The predicted octanol–water partition coefficient (Wildman–Crippen LogP) is 3.01. The Morgan fingerprint density at radius 2 is 1.81 bits per heavy atom. The summed E-state index contributed by atoms with van der Waals surface area (Å²) < 4.78 is 0. The van der Waals surface area contributed by atoms with E-state index in [0.29, 0.717) is 18.4 Å². The molecular weight excluding hydrogens is 264 g/mol. The van der Waals surface area contributed by atoms with E-state index in [0.717, 1.165) is 29.5 Å². The second-order valence-electron chi connectivity index (χ2n) is 5.39. The molecule has 0 spiro atoms. The average molecular weight is 280 g/mol. The van der Waals surface area contributed by atoms with E-state index in [4.69, 9.17) is 5.11 Å². The number of nitrogens with zero attached hydrogens (tertiary/aromatic N) is 2. The number of fused-ring (bicyclic) bond motifs is 1. The average Bonchev–Trinajstić information content (AvgIpc) is 2.54. The maximum absolute atomic E-state index is 11.0. The topological polar surface area (TPSA) is 64.3 Å². The van der Waals surface area contributed by atoms with Crippen LogP contribution in [-0.4, -0.2) is 24.2 Å². The number of hydrogen-bond acceptors (Lipinski definition) is 3. The molecule has 0 bridgehead atoms. The quantitative estimate of drug-likeness (QED) is 0.918. The van der Waals surface area contributed by atoms with Crippen LogP contribution in [0.25, 0.3) is 10.8 Å². The molecular formula is C17H16N2O2. The van der Waals surface area contributed by atoms with Crippen molar-refractivity contribution in [2.75, 3.05) is 18.0 Å². The lowest BCUT2D eigenvalue weighted by Gasteiger charge is -2.32. The van der Waals surface area contributed by atoms with Crippen molar-refractivity contribution >= 4 is 22.4 Å². The summed E-state index contributed by atoms with van der Waals surface area (Å²) in [5.41, 5.74) is 1.77. The first-order valence-corrected chi connectivity index (χ1v) is 7.10. The summed E-state index contributed by atoms with van der Waals surface area (Å²) in [6.07, 6.45) is 1.34. The van der Waals surface area contributed by atoms with E-state index in [-0.39, 0.29) is 5.92 Å². The second kappa shape index (κ2) is 5.45. The number of nitriles is 1. The van der Waals surface area contributed by atoms with Gasteiger partial charge in [-0.15, -0.1) is 0 Å². The van der Waals surface area contributed by atoms with Crippen molar-refractivity contribution in [1.29, 1.82) is 5.26 Å². The van der Waals surface area contributed by atoms with Gasteiger partial charge >= 0.3 is 5.97 Å². The molecule has 1 aliphatic rings. The smallest absolute Gasteiger partial charge is 0.306 e. The Labute approximate surface area is 123 Å². The third-order valence-corrected chi connectivity index (χ3v) is 4.21. The SMILES string of the molecule is N#Cc1ccc(N2CCC(C(=O)O)CC2)c2ccccc12. The van der Waals surface area contributed by atoms with Crippen LogP contribution in [0.5, 0.6) is 0 Å². The standard InChI is InChI=1S/C17H16N2O2/c18-11-13-5-6-16(15-4-2-1-3-14(13)15)19-9-7-12(8-10-19)17(20)21/h1-6,12H,7-10H2,(H,20,21). The molecule has 0 saturated carbocycles. The fourth-order valence-electron chi connectivity index (χ4n) is 3.02. The third kappa shape index (κ3) is 2.43. The number of hydrogen-bond donors (Lipinski definition) is 1. The van der Waals surface area contributed by atoms with E-state index in [9.17, 15) is 10.1 Å². The van der Waals surface area contributed by atoms with E-state index in [2.05, 4.69) is 11.0 Å². The molecule has 1 N–H and O–H groups in total. The predicted molar refractivity (Wildman–Crippen MR) is 81.2 cm³/mol. The molecule has 4 nitrogen and oxygen atoms in total. The zero-order valence-corrected chi connectivity index (χ0v) is 11.6. The van der Waals surface area contributed by atoms with E-state index < -0.39 is 5.97 Å². The van der Waals surface area contributed by atoms with Crippen molar-refractivity contribution in [3.63, 3.8) is 0 Å². The van der Waals surface area contributed by atoms with Gasteiger partial charge in [0, 0.05) is 29.5 Å². The number of benzene rings is 2. The van der Waals surface area contributed by atoms with Crippen LogP contribution in [0.2, 0.25) is 0 Å². The van der Waals surface area contributed by atoms with Gasteiger partial charge in [0.05, 0.1) is 17.6 Å². The van der Waals surface area contributed by atoms with Gasteiger partial charge in [-0.05, 0) is 25.0 Å². The lowest BCUT2D eigenvalue weighted by atomic mass is 9.95. The monoisotopic (exact) mass is 280 g/mol. The summed E-state index contributed by atoms with van der Waals surface area (Å²) >= 11 is 0. The number of carboxylic acids is 1. The third-order valence-electron chi connectivity index (χ3n) is 4.21. The van der Waals surface area contributed by atoms with Gasteiger partial charge in [0.1, 0.15) is 0 Å². The number of piperidine rings is 1. The summed E-state index contributed by atoms with van der Waals surface area (Å²) in [6, 6.07) is 13.9. The van der Waals surface area contributed by atoms with Gasteiger partial charge in [0.25, 0.3) is 0 Å². The molecule has 0 unspecified atom stereocenters. The highest BCUT2D eigenvalue weighted by Gasteiger charge is 2.25. The van der Waals surface area contributed by atoms with Gasteiger partial charge in [-0.25, -0.2) is 0 Å². The molecule has 0 radical (unpaired) electrons. The summed E-state index contributed by atoms with van der Waals surface area (Å²) in [5.74, 6) is -0.926. The fraction of sp³-hybridized carbons (Fsp3) is 0.294. The number of aliphatic carboxylic acids is 1. The Bertz CT molecular complexity index is 725. The van der Waals surface area contributed by atoms with Crippen molar-refractivity contribution in [3.8, 4) is 6.07 Å². The lowest BCUT2D eigenvalue weighted by Crippen LogP contribution is -2.36. The van der Waals surface area contributed by atoms with Crippen LogP contribution in [0.3, 0.4) is 0 Å². The number of rotatable bonds is 2. The molecule has 1 fully saturated rings. The van der Waals surface area contributed by atoms with Gasteiger partial charge in [-0.1, -0.05) is 24.3 Å². The van der Waals surface area contributed by atoms with E-state index in [1.165, 1.54) is 0 Å². The molecule has 0 atom stereocenters. The first kappa shape index (κ1) is 13.4. The van der Waals surface area contributed by atoms with Gasteiger partial charge in [0.15, 0.2) is 0 Å². The Balaban J connectivity index is 1.96. The normalized spacial score (nSPS) is 15.9. The largest absolute Gasteiger partial charge is 0.481 e. The molecule has 2 aromatic carbocycles. The number of carboxylic acid groups (broad SMARTS) is 1. The Morgan fingerprint density at radius 1 is 1.14 bits per heavy atom. The lowest BCUT2D eigenvalue weighted by molar-refractivity contribution is -0.142. The summed E-state index contributed by atoms with van der Waals surface area (Å²) in [6.45, 7) is 1.49. The molecule has 0 aliphatic carbocycles. The first-order valence-electron chi connectivity index (χ1n) is 7.10. The van der Waals surface area contributed by atoms with Gasteiger partial charge < -0.3 is 10.0 Å². The molecule has 0 amide bonds. The Hall–Kier alpha value is -2.54. The van der Waals surface area contributed by atoms with Crippen LogP contribution >= 0.6 is 0 Å². The van der Waals surface area contributed by atoms with Crippen LogP contribution in [0.1, 0.15) is 18.4 Å². The minimum absolute atomic E-state index is 0.231. The molecule has 3 rings (SSSR count). The molecule has 1 saturated heterocycles. The van der Waals surface area contributed by atoms with E-state index in [1.807, 2.05) is 36.4 Å². The molecule has 21 heavy (non-hydrogen) atoms. The fourth-order valence-corrected chi connectivity index (χ4v) is 3.02. The molecule has 0 aromatic heterocycles. The van der Waals surface area contributed by atoms with Crippen molar-refractivity contribution in [2.45, 2.75) is 12.8 Å². The molecule has 1 heterocycles. The highest BCUT2D eigenvalue weighted by molar-refractivity contribution is 5.97. The number of anilines is 1. The first-order chi connectivity index (χ1) is 10.2. The Kier molecular flexibility index (Phi) is 3.49. The Morgan fingerprint density at radius 3 is 2.43 bits per heavy atom. The van der Waals surface area contributed by atoms with Crippen LogP contribution in [0.4, 0.5) is 5.69 Å². The highest BCUT2D eigenvalue weighted by atomic mass is 16.4. The summed E-state index contributed by atoms with van der Waals surface area (Å²) in [7, 11) is 0. The van der Waals surface area contributed by atoms with Crippen molar-refractivity contribution in [1.82, 2.24) is 0 Å². The van der Waals surface area contributed by atoms with Crippen molar-refractivity contribution in [2.24, 2.45) is 5.92 Å². The van der Waals surface area contributed by atoms with Gasteiger partial charge in [-0.2, -0.15) is 5.26 Å². The van der Waals surface area contributed by atoms with Crippen LogP contribution < -0.4 is 4.90 Å². The zero-order chi connectivity index (χ0) is 14.8. The molecule has 4 heteroatoms. The van der Waals surface area contributed by atoms with Crippen LogP contribution in [0.15, 0.2) is 36.4 Å². The van der Waals surface area contributed by atoms with E-state index >= 15 is 0 Å². The zero-order valence-electron chi connectivity index (χ0n) is 11.6. The maximum Gasteiger partial charge on any atom is 0.306 e. The van der Waals surface area contributed by atoms with Crippen molar-refractivity contribution in [3.05, 3.63) is 42.0 Å². The minimum atomic E-state index is -0.695. The number of carbonyl (C=O) groups is 1. The van der Waals surface area contributed by atoms with Crippen LogP contribution in [-0.2, 0) is 4.79 Å². The minimum Gasteiger partial charge on any atom is -0.481 e. The highest BCUT2D eigenvalue weighted by Crippen LogP contribution is 2.32. The molecule has 2 aromatic rings. The summed E-state index contributed by atoms with van der Waals surface area (Å²) in [5, 5.41) is 20.3. The molecule has 1 aliphatic heterocycles. The second-order valence-corrected chi connectivity index (χ2v) is 5.39. The maximum atomic E-state index is 11.0. The van der Waals surface area contributed by atoms with E-state index in [1.54, 1.807) is 0 Å². The van der Waals surface area contributed by atoms with Crippen molar-refractivity contribution < 1.29 is 9.90 Å². The van der Waals surface area contributed by atoms with Crippen LogP contribution in [0, 0.1) is 17.2 Å². The summed E-state index contributed by atoms with van der Waals surface area (Å²) in [4.78, 5) is 13.3. The molecule has 106 valence electrons. The van der Waals surface area contributed by atoms with Gasteiger partial charge in [0.2, 0.25) is 0 Å². The van der Waals surface area contributed by atoms with Gasteiger partial charge in [-0.3, -0.25) is 4.79 Å².